The predicted octanol–water partition coefficient (Wildman–Crippen LogP) is 1.29. The van der Waals surface area contributed by atoms with Crippen molar-refractivity contribution in [2.24, 2.45) is 5.92 Å². The molecule has 2 unspecified atom stereocenters. The maximum Gasteiger partial charge on any atom is 0.397 e. The lowest BCUT2D eigenvalue weighted by Gasteiger charge is -2.40. The van der Waals surface area contributed by atoms with E-state index in [0.29, 0.717) is 12.3 Å². The molecule has 0 bridgehead atoms. The van der Waals surface area contributed by atoms with E-state index in [1.807, 2.05) is 0 Å². The van der Waals surface area contributed by atoms with Crippen LogP contribution in [-0.2, 0) is 21.1 Å². The molecule has 120 valence electrons. The van der Waals surface area contributed by atoms with Gasteiger partial charge in [0.15, 0.2) is 0 Å². The summed E-state index contributed by atoms with van der Waals surface area (Å²) in [6.07, 6.45) is 1.15. The van der Waals surface area contributed by atoms with E-state index in [1.54, 1.807) is 0 Å². The number of anilines is 1. The summed E-state index contributed by atoms with van der Waals surface area (Å²) in [6.45, 7) is 3.49. The summed E-state index contributed by atoms with van der Waals surface area (Å²) in [5.41, 5.74) is 3.94. The highest BCUT2D eigenvalue weighted by Crippen LogP contribution is 2.50. The van der Waals surface area contributed by atoms with Gasteiger partial charge < -0.3 is 10.2 Å². The van der Waals surface area contributed by atoms with Crippen LogP contribution in [-0.4, -0.2) is 38.7 Å². The molecule has 1 fully saturated rings. The molecule has 2 heterocycles. The third-order valence-corrected chi connectivity index (χ3v) is 5.66. The summed E-state index contributed by atoms with van der Waals surface area (Å²) >= 11 is 0. The van der Waals surface area contributed by atoms with E-state index in [-0.39, 0.29) is 5.92 Å². The second kappa shape index (κ2) is 5.19. The van der Waals surface area contributed by atoms with Gasteiger partial charge in [-0.3, -0.25) is 4.55 Å². The van der Waals surface area contributed by atoms with Crippen LogP contribution in [0.2, 0.25) is 0 Å². The van der Waals surface area contributed by atoms with E-state index >= 15 is 0 Å². The molecule has 7 heteroatoms. The van der Waals surface area contributed by atoms with Crippen molar-refractivity contribution in [3.05, 3.63) is 29.3 Å². The molecule has 0 saturated heterocycles. The molecule has 4 rings (SSSR count). The Bertz CT molecular complexity index is 691. The third kappa shape index (κ3) is 2.42. The van der Waals surface area contributed by atoms with E-state index in [4.69, 9.17) is 8.74 Å². The Morgan fingerprint density at radius 1 is 1.32 bits per heavy atom. The fourth-order valence-corrected chi connectivity index (χ4v) is 4.91. The summed E-state index contributed by atoms with van der Waals surface area (Å²) < 4.78 is 36.1. The lowest BCUT2D eigenvalue weighted by molar-refractivity contribution is 0.140. The molecule has 0 amide bonds. The number of benzene rings is 1. The second-order valence-electron chi connectivity index (χ2n) is 6.39. The van der Waals surface area contributed by atoms with Gasteiger partial charge in [-0.15, -0.1) is 0 Å². The Hall–Kier alpha value is -1.15. The van der Waals surface area contributed by atoms with Gasteiger partial charge in [0.05, 0.1) is 6.10 Å². The van der Waals surface area contributed by atoms with E-state index in [1.165, 1.54) is 16.8 Å². The topological polar surface area (TPSA) is 78.9 Å². The van der Waals surface area contributed by atoms with Crippen LogP contribution in [0.15, 0.2) is 18.2 Å². The summed E-state index contributed by atoms with van der Waals surface area (Å²) in [7, 11) is -4.39. The first kappa shape index (κ1) is 14.4. The van der Waals surface area contributed by atoms with Crippen LogP contribution >= 0.6 is 0 Å². The maximum absolute atomic E-state index is 11.1. The first-order chi connectivity index (χ1) is 10.5. The average Bonchev–Trinajstić information content (AvgIpc) is 2.72. The normalized spacial score (nSPS) is 30.6. The molecule has 1 aromatic carbocycles. The quantitative estimate of drug-likeness (QED) is 0.798. The summed E-state index contributed by atoms with van der Waals surface area (Å²) in [6, 6.07) is 6.40. The van der Waals surface area contributed by atoms with Crippen molar-refractivity contribution in [1.82, 2.24) is 5.32 Å². The van der Waals surface area contributed by atoms with Gasteiger partial charge in [-0.25, -0.2) is 4.18 Å². The summed E-state index contributed by atoms with van der Waals surface area (Å²) in [5.74, 6) is 0.429. The Kier molecular flexibility index (Phi) is 3.41. The zero-order valence-corrected chi connectivity index (χ0v) is 13.1. The highest BCUT2D eigenvalue weighted by atomic mass is 32.3. The number of hydrogen-bond acceptors (Lipinski definition) is 5. The molecule has 0 spiro atoms. The standard InChI is InChI=1S/C15H20N2O4S/c18-22(19,20)21-14-5-4-11-12-3-1-2-10-8-16-6-7-17(15(10)12)9-13(11)14/h1-3,11,13-14,16H,4-9H2,(H,18,19,20)/t11-,13?,14?/m1/s1. The van der Waals surface area contributed by atoms with Crippen molar-refractivity contribution < 1.29 is 17.2 Å². The van der Waals surface area contributed by atoms with Crippen LogP contribution < -0.4 is 10.2 Å². The van der Waals surface area contributed by atoms with Crippen molar-refractivity contribution in [2.75, 3.05) is 24.5 Å². The Labute approximate surface area is 130 Å². The number of nitrogens with zero attached hydrogens (tertiary/aromatic N) is 1. The summed E-state index contributed by atoms with van der Waals surface area (Å²) in [5, 5.41) is 3.43. The molecule has 3 aliphatic rings. The molecule has 0 radical (unpaired) electrons. The van der Waals surface area contributed by atoms with Crippen molar-refractivity contribution in [3.8, 4) is 0 Å². The van der Waals surface area contributed by atoms with Gasteiger partial charge in [0.1, 0.15) is 0 Å². The van der Waals surface area contributed by atoms with Gasteiger partial charge in [-0.05, 0) is 29.9 Å². The largest absolute Gasteiger partial charge is 0.397 e. The van der Waals surface area contributed by atoms with E-state index in [0.717, 1.165) is 32.6 Å². The van der Waals surface area contributed by atoms with Crippen LogP contribution in [0.1, 0.15) is 29.9 Å². The number of para-hydroxylation sites is 1. The van der Waals surface area contributed by atoms with Crippen LogP contribution in [0.3, 0.4) is 0 Å². The maximum atomic E-state index is 11.1. The minimum atomic E-state index is -4.39. The SMILES string of the molecule is O=S(=O)(O)OC1CC[C@@H]2c3cccc4c3N(CCNC4)CC12. The molecule has 2 aliphatic heterocycles. The molecular weight excluding hydrogens is 304 g/mol. The summed E-state index contributed by atoms with van der Waals surface area (Å²) in [4.78, 5) is 2.34. The molecular formula is C15H20N2O4S. The number of rotatable bonds is 2. The zero-order valence-electron chi connectivity index (χ0n) is 12.2. The van der Waals surface area contributed by atoms with Gasteiger partial charge in [0.25, 0.3) is 0 Å². The molecule has 22 heavy (non-hydrogen) atoms. The number of hydrogen-bond donors (Lipinski definition) is 2. The first-order valence-corrected chi connectivity index (χ1v) is 9.12. The van der Waals surface area contributed by atoms with E-state index in [9.17, 15) is 8.42 Å². The van der Waals surface area contributed by atoms with Crippen LogP contribution in [0.4, 0.5) is 5.69 Å². The Morgan fingerprint density at radius 2 is 2.18 bits per heavy atom. The minimum absolute atomic E-state index is 0.114. The smallest absolute Gasteiger partial charge is 0.369 e. The zero-order chi connectivity index (χ0) is 15.3. The fraction of sp³-hybridized carbons (Fsp3) is 0.600. The molecule has 2 N–H and O–H groups in total. The predicted molar refractivity (Wildman–Crippen MR) is 82.2 cm³/mol. The molecule has 1 aliphatic carbocycles. The van der Waals surface area contributed by atoms with Crippen LogP contribution in [0, 0.1) is 5.92 Å². The van der Waals surface area contributed by atoms with Gasteiger partial charge in [0.2, 0.25) is 0 Å². The first-order valence-electron chi connectivity index (χ1n) is 7.76. The molecule has 6 nitrogen and oxygen atoms in total. The Morgan fingerprint density at radius 3 is 3.00 bits per heavy atom. The molecule has 0 aromatic heterocycles. The van der Waals surface area contributed by atoms with Gasteiger partial charge in [-0.2, -0.15) is 8.42 Å². The van der Waals surface area contributed by atoms with Crippen molar-refractivity contribution in [3.63, 3.8) is 0 Å². The van der Waals surface area contributed by atoms with Gasteiger partial charge in [0, 0.05) is 37.8 Å². The van der Waals surface area contributed by atoms with Crippen LogP contribution in [0.25, 0.3) is 0 Å². The lowest BCUT2D eigenvalue weighted by Crippen LogP contribution is -2.42. The molecule has 1 aromatic rings. The van der Waals surface area contributed by atoms with E-state index < -0.39 is 16.5 Å². The average molecular weight is 324 g/mol. The van der Waals surface area contributed by atoms with Crippen molar-refractivity contribution in [2.45, 2.75) is 31.4 Å². The van der Waals surface area contributed by atoms with Gasteiger partial charge in [-0.1, -0.05) is 18.2 Å². The number of fused-ring (bicyclic) bond motifs is 2. The van der Waals surface area contributed by atoms with Crippen molar-refractivity contribution in [1.29, 1.82) is 0 Å². The van der Waals surface area contributed by atoms with E-state index in [2.05, 4.69) is 28.4 Å². The molecule has 1 saturated carbocycles. The monoisotopic (exact) mass is 324 g/mol. The highest BCUT2D eigenvalue weighted by molar-refractivity contribution is 7.80. The lowest BCUT2D eigenvalue weighted by atomic mass is 9.82. The number of nitrogens with one attached hydrogen (secondary N) is 1. The minimum Gasteiger partial charge on any atom is -0.369 e. The highest BCUT2D eigenvalue weighted by Gasteiger charge is 2.45. The molecule has 3 atom stereocenters. The third-order valence-electron chi connectivity index (χ3n) is 5.17. The fourth-order valence-electron chi connectivity index (χ4n) is 4.36. The van der Waals surface area contributed by atoms with Crippen LogP contribution in [0.5, 0.6) is 0 Å². The van der Waals surface area contributed by atoms with Gasteiger partial charge >= 0.3 is 10.4 Å². The Balaban J connectivity index is 1.72. The second-order valence-corrected chi connectivity index (χ2v) is 7.44. The van der Waals surface area contributed by atoms with Crippen molar-refractivity contribution >= 4 is 16.1 Å².